The van der Waals surface area contributed by atoms with Crippen molar-refractivity contribution in [3.05, 3.63) is 27.3 Å². The summed E-state index contributed by atoms with van der Waals surface area (Å²) in [6.07, 6.45) is 0. The van der Waals surface area contributed by atoms with Crippen molar-refractivity contribution < 1.29 is 0 Å². The number of thiophene rings is 1. The van der Waals surface area contributed by atoms with Crippen molar-refractivity contribution in [3.63, 3.8) is 0 Å². The topological polar surface area (TPSA) is 60.9 Å². The molecule has 4 heterocycles. The standard InChI is InChI=1S/C13H11BrN6S2/c1-6-10(7(2)19(3)17-6)12-18-20-11(15-16-13(20)22-12)8-4-5-9(14)21-8/h4-5H,1-3H3. The van der Waals surface area contributed by atoms with Crippen molar-refractivity contribution >= 4 is 43.6 Å². The summed E-state index contributed by atoms with van der Waals surface area (Å²) in [5, 5.41) is 18.6. The molecule has 0 radical (unpaired) electrons. The summed E-state index contributed by atoms with van der Waals surface area (Å²) >= 11 is 6.63. The third-order valence-corrected chi connectivity index (χ3v) is 6.04. The van der Waals surface area contributed by atoms with Gasteiger partial charge in [-0.3, -0.25) is 4.68 Å². The van der Waals surface area contributed by atoms with E-state index in [1.165, 1.54) is 11.3 Å². The smallest absolute Gasteiger partial charge is 0.235 e. The predicted molar refractivity (Wildman–Crippen MR) is 91.3 cm³/mol. The highest BCUT2D eigenvalue weighted by atomic mass is 79.9. The molecule has 0 aliphatic rings. The first kappa shape index (κ1) is 14.0. The molecule has 4 rings (SSSR count). The molecule has 0 amide bonds. The van der Waals surface area contributed by atoms with Gasteiger partial charge in [0.05, 0.1) is 19.9 Å². The Labute approximate surface area is 142 Å². The molecule has 22 heavy (non-hydrogen) atoms. The number of nitrogens with zero attached hydrogens (tertiary/aromatic N) is 6. The Morgan fingerprint density at radius 1 is 1.09 bits per heavy atom. The van der Waals surface area contributed by atoms with Crippen LogP contribution in [0.3, 0.4) is 0 Å². The van der Waals surface area contributed by atoms with Crippen LogP contribution >= 0.6 is 38.6 Å². The largest absolute Gasteiger partial charge is 0.272 e. The lowest BCUT2D eigenvalue weighted by molar-refractivity contribution is 0.731. The number of fused-ring (bicyclic) bond motifs is 1. The number of hydrogen-bond donors (Lipinski definition) is 0. The second-order valence-corrected chi connectivity index (χ2v) is 8.32. The highest BCUT2D eigenvalue weighted by Gasteiger charge is 2.20. The lowest BCUT2D eigenvalue weighted by Crippen LogP contribution is -1.93. The Bertz CT molecular complexity index is 992. The van der Waals surface area contributed by atoms with Gasteiger partial charge in [-0.05, 0) is 41.9 Å². The molecule has 0 unspecified atom stereocenters. The van der Waals surface area contributed by atoms with Crippen LogP contribution in [0.25, 0.3) is 26.2 Å². The molecule has 6 nitrogen and oxygen atoms in total. The van der Waals surface area contributed by atoms with Gasteiger partial charge in [-0.2, -0.15) is 14.7 Å². The van der Waals surface area contributed by atoms with E-state index in [2.05, 4.69) is 38.1 Å². The Morgan fingerprint density at radius 2 is 1.91 bits per heavy atom. The first-order chi connectivity index (χ1) is 10.5. The zero-order chi connectivity index (χ0) is 15.4. The van der Waals surface area contributed by atoms with Crippen molar-refractivity contribution in [2.24, 2.45) is 7.05 Å². The third-order valence-electron chi connectivity index (χ3n) is 3.51. The predicted octanol–water partition coefficient (Wildman–Crippen LogP) is 3.69. The van der Waals surface area contributed by atoms with Crippen LogP contribution in [0.5, 0.6) is 0 Å². The molecule has 0 bridgehead atoms. The number of halogens is 1. The van der Waals surface area contributed by atoms with Crippen LogP contribution in [-0.2, 0) is 7.05 Å². The maximum Gasteiger partial charge on any atom is 0.235 e. The molecular formula is C13H11BrN6S2. The van der Waals surface area contributed by atoms with Gasteiger partial charge in [0, 0.05) is 12.7 Å². The summed E-state index contributed by atoms with van der Waals surface area (Å²) in [7, 11) is 1.95. The third kappa shape index (κ3) is 2.03. The van der Waals surface area contributed by atoms with Crippen LogP contribution in [0.1, 0.15) is 11.4 Å². The van der Waals surface area contributed by atoms with Crippen LogP contribution in [0.2, 0.25) is 0 Å². The number of aryl methyl sites for hydroxylation is 2. The van der Waals surface area contributed by atoms with Gasteiger partial charge in [0.15, 0.2) is 10.8 Å². The van der Waals surface area contributed by atoms with Crippen LogP contribution in [0.4, 0.5) is 0 Å². The average Bonchev–Trinajstić information content (AvgIpc) is 3.17. The molecular weight excluding hydrogens is 384 g/mol. The van der Waals surface area contributed by atoms with Crippen molar-refractivity contribution in [2.45, 2.75) is 13.8 Å². The normalized spacial score (nSPS) is 11.6. The molecule has 4 aromatic rings. The van der Waals surface area contributed by atoms with Crippen molar-refractivity contribution in [2.75, 3.05) is 0 Å². The fourth-order valence-corrected chi connectivity index (χ4v) is 4.73. The maximum atomic E-state index is 4.71. The minimum atomic E-state index is 0.771. The van der Waals surface area contributed by atoms with Crippen LogP contribution in [0.15, 0.2) is 15.9 Å². The Balaban J connectivity index is 1.90. The van der Waals surface area contributed by atoms with Crippen molar-refractivity contribution in [1.82, 2.24) is 29.6 Å². The zero-order valence-electron chi connectivity index (χ0n) is 12.0. The summed E-state index contributed by atoms with van der Waals surface area (Å²) in [5.74, 6) is 0.771. The average molecular weight is 395 g/mol. The summed E-state index contributed by atoms with van der Waals surface area (Å²) in [5.41, 5.74) is 3.16. The number of aromatic nitrogens is 6. The molecule has 0 fully saturated rings. The SMILES string of the molecule is Cc1nn(C)c(C)c1-c1nn2c(-c3ccc(Br)s3)nnc2s1. The van der Waals surface area contributed by atoms with Gasteiger partial charge in [0.1, 0.15) is 0 Å². The van der Waals surface area contributed by atoms with Gasteiger partial charge in [-0.15, -0.1) is 21.5 Å². The molecule has 4 aromatic heterocycles. The van der Waals surface area contributed by atoms with E-state index in [1.54, 1.807) is 11.3 Å². The van der Waals surface area contributed by atoms with Crippen molar-refractivity contribution in [3.8, 4) is 21.3 Å². The second-order valence-electron chi connectivity index (χ2n) is 4.90. The van der Waals surface area contributed by atoms with Gasteiger partial charge in [0.25, 0.3) is 0 Å². The number of hydrogen-bond acceptors (Lipinski definition) is 6. The van der Waals surface area contributed by atoms with E-state index < -0.39 is 0 Å². The fraction of sp³-hybridized carbons (Fsp3) is 0.231. The highest BCUT2D eigenvalue weighted by molar-refractivity contribution is 9.11. The summed E-state index contributed by atoms with van der Waals surface area (Å²) in [4.78, 5) is 1.83. The molecule has 0 saturated carbocycles. The summed E-state index contributed by atoms with van der Waals surface area (Å²) in [6, 6.07) is 4.02. The summed E-state index contributed by atoms with van der Waals surface area (Å²) < 4.78 is 4.75. The summed E-state index contributed by atoms with van der Waals surface area (Å²) in [6.45, 7) is 4.05. The van der Waals surface area contributed by atoms with E-state index in [-0.39, 0.29) is 0 Å². The molecule has 0 spiro atoms. The Hall–Kier alpha value is -1.58. The van der Waals surface area contributed by atoms with Crippen LogP contribution in [-0.4, -0.2) is 29.6 Å². The Kier molecular flexibility index (Phi) is 3.17. The monoisotopic (exact) mass is 394 g/mol. The second kappa shape index (κ2) is 4.97. The molecule has 9 heteroatoms. The van der Waals surface area contributed by atoms with Gasteiger partial charge in [-0.1, -0.05) is 11.3 Å². The molecule has 0 aliphatic carbocycles. The quantitative estimate of drug-likeness (QED) is 0.519. The van der Waals surface area contributed by atoms with Gasteiger partial charge >= 0.3 is 0 Å². The number of rotatable bonds is 2. The minimum Gasteiger partial charge on any atom is -0.272 e. The lowest BCUT2D eigenvalue weighted by atomic mass is 10.2. The molecule has 0 N–H and O–H groups in total. The first-order valence-corrected chi connectivity index (χ1v) is 8.95. The van der Waals surface area contributed by atoms with E-state index in [0.29, 0.717) is 0 Å². The zero-order valence-corrected chi connectivity index (χ0v) is 15.3. The molecule has 0 aromatic carbocycles. The van der Waals surface area contributed by atoms with Gasteiger partial charge in [-0.25, -0.2) is 0 Å². The fourth-order valence-electron chi connectivity index (χ4n) is 2.39. The Morgan fingerprint density at radius 3 is 2.55 bits per heavy atom. The van der Waals surface area contributed by atoms with E-state index >= 15 is 0 Å². The van der Waals surface area contributed by atoms with Crippen LogP contribution in [0, 0.1) is 13.8 Å². The molecule has 0 saturated heterocycles. The maximum absolute atomic E-state index is 4.71. The van der Waals surface area contributed by atoms with E-state index in [9.17, 15) is 0 Å². The molecule has 112 valence electrons. The van der Waals surface area contributed by atoms with E-state index in [0.717, 1.165) is 41.4 Å². The molecule has 0 atom stereocenters. The van der Waals surface area contributed by atoms with Crippen LogP contribution < -0.4 is 0 Å². The minimum absolute atomic E-state index is 0.771. The first-order valence-electron chi connectivity index (χ1n) is 6.53. The highest BCUT2D eigenvalue weighted by Crippen LogP contribution is 2.34. The van der Waals surface area contributed by atoms with E-state index in [4.69, 9.17) is 5.10 Å². The molecule has 0 aliphatic heterocycles. The lowest BCUT2D eigenvalue weighted by Gasteiger charge is -1.96. The van der Waals surface area contributed by atoms with Crippen molar-refractivity contribution in [1.29, 1.82) is 0 Å². The van der Waals surface area contributed by atoms with Gasteiger partial charge in [0.2, 0.25) is 4.96 Å². The van der Waals surface area contributed by atoms with Gasteiger partial charge < -0.3 is 0 Å². The van der Waals surface area contributed by atoms with E-state index in [1.807, 2.05) is 35.3 Å².